The maximum atomic E-state index is 14.1. The monoisotopic (exact) mass is 826 g/mol. The highest BCUT2D eigenvalue weighted by Gasteiger charge is 2.26. The Labute approximate surface area is 347 Å². The van der Waals surface area contributed by atoms with Crippen LogP contribution in [0.5, 0.6) is 0 Å². The standard InChI is InChI=1S/C43H54N8O9/c1-3-22-51-42(59)39-40(47-34(26-29-13-7-5-8-14-29)48(39)25-21-44-28-31(52)4-2)50(43(51)60)24-20-30-15-10-11-16-32(30)46-41(58)33(27-38(56)57)45-35(53)17-9-6-12-23-49-36(54)18-19-37(49)55/h5,7-8,10-11,13-16,18-19,31,33,44,52H,3-4,6,9,12,17,20-28H2,1-2H3,(H,45,53)(H,46,58)(H,56,57). The second kappa shape index (κ2) is 21.7. The van der Waals surface area contributed by atoms with Crippen molar-refractivity contribution in [2.75, 3.05) is 25.0 Å². The van der Waals surface area contributed by atoms with Crippen molar-refractivity contribution < 1.29 is 34.2 Å². The van der Waals surface area contributed by atoms with Gasteiger partial charge in [-0.25, -0.2) is 9.78 Å². The number of carboxylic acids is 1. The van der Waals surface area contributed by atoms with Crippen LogP contribution in [-0.4, -0.2) is 95.2 Å². The lowest BCUT2D eigenvalue weighted by molar-refractivity contribution is -0.140. The van der Waals surface area contributed by atoms with E-state index in [1.54, 1.807) is 24.3 Å². The van der Waals surface area contributed by atoms with Crippen molar-refractivity contribution in [2.24, 2.45) is 0 Å². The summed E-state index contributed by atoms with van der Waals surface area (Å²) in [7, 11) is 0. The summed E-state index contributed by atoms with van der Waals surface area (Å²) in [6, 6.07) is 15.2. The number of hydrogen-bond acceptors (Lipinski definition) is 10. The smallest absolute Gasteiger partial charge is 0.332 e. The zero-order valence-electron chi connectivity index (χ0n) is 34.1. The zero-order chi connectivity index (χ0) is 43.2. The molecule has 3 heterocycles. The fourth-order valence-corrected chi connectivity index (χ4v) is 7.06. The number of imide groups is 1. The fraction of sp³-hybridized carbons (Fsp3) is 0.442. The van der Waals surface area contributed by atoms with Crippen LogP contribution in [0.15, 0.2) is 76.3 Å². The van der Waals surface area contributed by atoms with E-state index in [1.165, 1.54) is 21.3 Å². The third-order valence-corrected chi connectivity index (χ3v) is 10.3. The molecular formula is C43H54N8O9. The quantitative estimate of drug-likeness (QED) is 0.0509. The molecule has 4 aromatic rings. The van der Waals surface area contributed by atoms with Crippen molar-refractivity contribution >= 4 is 46.4 Å². The number of carbonyl (C=O) groups is 5. The summed E-state index contributed by atoms with van der Waals surface area (Å²) in [4.78, 5) is 95.8. The minimum atomic E-state index is -1.39. The number of aryl methyl sites for hydroxylation is 2. The van der Waals surface area contributed by atoms with Gasteiger partial charge in [-0.05, 0) is 49.3 Å². The number of imidazole rings is 1. The van der Waals surface area contributed by atoms with E-state index in [2.05, 4.69) is 16.0 Å². The fourth-order valence-electron chi connectivity index (χ4n) is 7.06. The van der Waals surface area contributed by atoms with E-state index in [9.17, 15) is 43.8 Å². The van der Waals surface area contributed by atoms with Crippen molar-refractivity contribution in [3.8, 4) is 0 Å². The first-order valence-electron chi connectivity index (χ1n) is 20.5. The first-order chi connectivity index (χ1) is 28.9. The van der Waals surface area contributed by atoms with Gasteiger partial charge in [0.2, 0.25) is 11.8 Å². The molecule has 0 aliphatic carbocycles. The van der Waals surface area contributed by atoms with Gasteiger partial charge in [-0.15, -0.1) is 0 Å². The van der Waals surface area contributed by atoms with Crippen LogP contribution in [0.1, 0.15) is 75.7 Å². The summed E-state index contributed by atoms with van der Waals surface area (Å²) in [5.74, 6) is -2.71. The molecule has 0 saturated heterocycles. The number of aliphatic hydroxyl groups is 1. The number of para-hydroxylation sites is 1. The van der Waals surface area contributed by atoms with Gasteiger partial charge in [-0.2, -0.15) is 0 Å². The van der Waals surface area contributed by atoms with Crippen LogP contribution in [0.25, 0.3) is 11.2 Å². The number of carboxylic acid groups (broad SMARTS) is 1. The third kappa shape index (κ3) is 11.7. The lowest BCUT2D eigenvalue weighted by Gasteiger charge is -2.19. The van der Waals surface area contributed by atoms with Crippen molar-refractivity contribution in [1.82, 2.24) is 34.2 Å². The number of nitrogens with zero attached hydrogens (tertiary/aromatic N) is 5. The highest BCUT2D eigenvalue weighted by atomic mass is 16.4. The Morgan fingerprint density at radius 3 is 2.23 bits per heavy atom. The Morgan fingerprint density at radius 1 is 0.817 bits per heavy atom. The number of aliphatic hydroxyl groups excluding tert-OH is 1. The number of carbonyl (C=O) groups excluding carboxylic acids is 4. The number of fused-ring (bicyclic) bond motifs is 1. The van der Waals surface area contributed by atoms with Crippen LogP contribution in [-0.2, 0) is 56.4 Å². The van der Waals surface area contributed by atoms with Gasteiger partial charge in [-0.1, -0.05) is 68.8 Å². The maximum absolute atomic E-state index is 14.1. The molecule has 5 N–H and O–H groups in total. The summed E-state index contributed by atoms with van der Waals surface area (Å²) in [5, 5.41) is 28.2. The lowest BCUT2D eigenvalue weighted by atomic mass is 10.1. The molecule has 0 spiro atoms. The minimum Gasteiger partial charge on any atom is -0.481 e. The molecule has 2 aromatic heterocycles. The molecule has 320 valence electrons. The van der Waals surface area contributed by atoms with E-state index in [-0.39, 0.29) is 55.5 Å². The average Bonchev–Trinajstić information content (AvgIpc) is 3.75. The largest absolute Gasteiger partial charge is 0.481 e. The molecule has 60 heavy (non-hydrogen) atoms. The van der Waals surface area contributed by atoms with Crippen molar-refractivity contribution in [3.05, 3.63) is 105 Å². The predicted octanol–water partition coefficient (Wildman–Crippen LogP) is 2.35. The summed E-state index contributed by atoms with van der Waals surface area (Å²) >= 11 is 0. The molecule has 1 aliphatic heterocycles. The average molecular weight is 827 g/mol. The molecule has 2 aromatic carbocycles. The van der Waals surface area contributed by atoms with Gasteiger partial charge in [-0.3, -0.25) is 42.8 Å². The summed E-state index contributed by atoms with van der Waals surface area (Å²) < 4.78 is 4.55. The minimum absolute atomic E-state index is 0.00481. The number of aliphatic carboxylic acids is 1. The van der Waals surface area contributed by atoms with Crippen molar-refractivity contribution in [2.45, 2.75) is 103 Å². The highest BCUT2D eigenvalue weighted by Crippen LogP contribution is 2.20. The molecule has 0 fully saturated rings. The van der Waals surface area contributed by atoms with Crippen LogP contribution in [0, 0.1) is 0 Å². The van der Waals surface area contributed by atoms with Crippen molar-refractivity contribution in [3.63, 3.8) is 0 Å². The molecule has 0 bridgehead atoms. The molecule has 17 nitrogen and oxygen atoms in total. The van der Waals surface area contributed by atoms with Gasteiger partial charge in [0.05, 0.1) is 12.5 Å². The molecule has 4 amide bonds. The Kier molecular flexibility index (Phi) is 16.2. The van der Waals surface area contributed by atoms with E-state index in [0.29, 0.717) is 75.2 Å². The van der Waals surface area contributed by atoms with E-state index >= 15 is 0 Å². The van der Waals surface area contributed by atoms with Gasteiger partial charge in [0, 0.05) is 69.9 Å². The number of unbranched alkanes of at least 4 members (excludes halogenated alkanes) is 2. The summed E-state index contributed by atoms with van der Waals surface area (Å²) in [6.45, 7) is 5.45. The van der Waals surface area contributed by atoms with E-state index in [4.69, 9.17) is 4.98 Å². The Hall–Kier alpha value is -6.20. The van der Waals surface area contributed by atoms with Gasteiger partial charge < -0.3 is 30.7 Å². The van der Waals surface area contributed by atoms with Crippen LogP contribution < -0.4 is 27.2 Å². The third-order valence-electron chi connectivity index (χ3n) is 10.3. The van der Waals surface area contributed by atoms with Crippen LogP contribution in [0.4, 0.5) is 5.69 Å². The van der Waals surface area contributed by atoms with E-state index in [0.717, 1.165) is 10.5 Å². The van der Waals surface area contributed by atoms with Crippen molar-refractivity contribution in [1.29, 1.82) is 0 Å². The number of anilines is 1. The Bertz CT molecular complexity index is 2300. The first kappa shape index (κ1) is 44.9. The van der Waals surface area contributed by atoms with Crippen LogP contribution in [0.2, 0.25) is 0 Å². The molecular weight excluding hydrogens is 773 g/mol. The first-order valence-corrected chi connectivity index (χ1v) is 20.5. The van der Waals surface area contributed by atoms with E-state index in [1.807, 2.05) is 48.7 Å². The molecule has 0 radical (unpaired) electrons. The summed E-state index contributed by atoms with van der Waals surface area (Å²) in [6.07, 6.45) is 4.39. The Morgan fingerprint density at radius 2 is 1.53 bits per heavy atom. The molecule has 2 atom stereocenters. The number of aromatic nitrogens is 4. The molecule has 0 saturated carbocycles. The Balaban J connectivity index is 1.34. The predicted molar refractivity (Wildman–Crippen MR) is 224 cm³/mol. The number of amides is 4. The van der Waals surface area contributed by atoms with E-state index < -0.39 is 47.6 Å². The molecule has 5 rings (SSSR count). The molecule has 1 aliphatic rings. The molecule has 17 heteroatoms. The highest BCUT2D eigenvalue weighted by molar-refractivity contribution is 6.12. The normalized spacial score (nSPS) is 13.6. The lowest BCUT2D eigenvalue weighted by Crippen LogP contribution is -2.45. The maximum Gasteiger partial charge on any atom is 0.332 e. The van der Waals surface area contributed by atoms with Crippen LogP contribution >= 0.6 is 0 Å². The molecule has 2 unspecified atom stereocenters. The van der Waals surface area contributed by atoms with Gasteiger partial charge in [0.15, 0.2) is 11.2 Å². The summed E-state index contributed by atoms with van der Waals surface area (Å²) in [5.41, 5.74) is 1.50. The van der Waals surface area contributed by atoms with Gasteiger partial charge in [0.1, 0.15) is 11.9 Å². The number of nitrogens with one attached hydrogen (secondary N) is 3. The second-order valence-corrected chi connectivity index (χ2v) is 14.8. The number of hydrogen-bond donors (Lipinski definition) is 5. The van der Waals surface area contributed by atoms with Crippen LogP contribution in [0.3, 0.4) is 0 Å². The topological polar surface area (TPSA) is 227 Å². The second-order valence-electron chi connectivity index (χ2n) is 14.8. The number of rotatable bonds is 24. The van der Waals surface area contributed by atoms with Gasteiger partial charge in [0.25, 0.3) is 17.4 Å². The zero-order valence-corrected chi connectivity index (χ0v) is 34.1. The van der Waals surface area contributed by atoms with Gasteiger partial charge >= 0.3 is 11.7 Å². The SMILES string of the molecule is CCCn1c(=O)c2c(nc(Cc3ccccc3)n2CCNCC(O)CC)n(CCc2ccccc2NC(=O)C(CC(=O)O)NC(=O)CCCCCN2C(=O)C=CC2=O)c1=O. The number of benzene rings is 2.